The molecule has 0 atom stereocenters. The van der Waals surface area contributed by atoms with Crippen molar-refractivity contribution < 1.29 is 10.0 Å². The van der Waals surface area contributed by atoms with Crippen molar-refractivity contribution in [1.29, 1.82) is 0 Å². The van der Waals surface area contributed by atoms with Crippen molar-refractivity contribution >= 4 is 11.4 Å². The van der Waals surface area contributed by atoms with E-state index < -0.39 is 4.92 Å². The molecule has 1 aromatic rings. The number of rotatable bonds is 3. The van der Waals surface area contributed by atoms with E-state index in [1.54, 1.807) is 6.92 Å². The van der Waals surface area contributed by atoms with Gasteiger partial charge in [-0.25, -0.2) is 0 Å². The number of para-hydroxylation sites is 1. The van der Waals surface area contributed by atoms with Gasteiger partial charge in [-0.05, 0) is 13.0 Å². The second kappa shape index (κ2) is 3.75. The first kappa shape index (κ1) is 9.31. The second-order valence-corrected chi connectivity index (χ2v) is 2.46. The maximum Gasteiger partial charge on any atom is 0.296 e. The zero-order valence-corrected chi connectivity index (χ0v) is 7.15. The first-order valence-corrected chi connectivity index (χ1v) is 3.87. The number of phenolic OH excluding ortho intramolecular Hbond substituents is 1. The molecule has 0 aromatic heterocycles. The molecule has 5 nitrogen and oxygen atoms in total. The van der Waals surface area contributed by atoms with E-state index in [1.807, 2.05) is 0 Å². The van der Waals surface area contributed by atoms with Crippen molar-refractivity contribution in [2.45, 2.75) is 6.92 Å². The molecule has 0 unspecified atom stereocenters. The fourth-order valence-electron chi connectivity index (χ4n) is 1.04. The Morgan fingerprint density at radius 1 is 1.62 bits per heavy atom. The second-order valence-electron chi connectivity index (χ2n) is 2.46. The molecule has 2 N–H and O–H groups in total. The van der Waals surface area contributed by atoms with Crippen LogP contribution in [0.25, 0.3) is 0 Å². The fourth-order valence-corrected chi connectivity index (χ4v) is 1.04. The van der Waals surface area contributed by atoms with Crippen molar-refractivity contribution in [2.75, 3.05) is 11.9 Å². The smallest absolute Gasteiger partial charge is 0.296 e. The minimum Gasteiger partial charge on any atom is -0.506 e. The highest BCUT2D eigenvalue weighted by atomic mass is 16.6. The molecule has 0 amide bonds. The lowest BCUT2D eigenvalue weighted by Crippen LogP contribution is -2.01. The van der Waals surface area contributed by atoms with Crippen LogP contribution < -0.4 is 5.32 Å². The average Bonchev–Trinajstić information content (AvgIpc) is 2.08. The zero-order valence-electron chi connectivity index (χ0n) is 7.15. The highest BCUT2D eigenvalue weighted by molar-refractivity contribution is 5.69. The summed E-state index contributed by atoms with van der Waals surface area (Å²) < 4.78 is 0. The van der Waals surface area contributed by atoms with Gasteiger partial charge < -0.3 is 10.4 Å². The summed E-state index contributed by atoms with van der Waals surface area (Å²) in [6.45, 7) is 2.33. The SMILES string of the molecule is CCNc1c(O)cccc1[N+](=O)[O-]. The van der Waals surface area contributed by atoms with E-state index >= 15 is 0 Å². The first-order chi connectivity index (χ1) is 6.16. The van der Waals surface area contributed by atoms with Crippen LogP contribution >= 0.6 is 0 Å². The summed E-state index contributed by atoms with van der Waals surface area (Å²) in [7, 11) is 0. The van der Waals surface area contributed by atoms with Gasteiger partial charge >= 0.3 is 0 Å². The molecule has 0 radical (unpaired) electrons. The lowest BCUT2D eigenvalue weighted by atomic mass is 10.2. The van der Waals surface area contributed by atoms with Gasteiger partial charge in [-0.3, -0.25) is 10.1 Å². The quantitative estimate of drug-likeness (QED) is 0.424. The van der Waals surface area contributed by atoms with Gasteiger partial charge in [-0.2, -0.15) is 0 Å². The summed E-state index contributed by atoms with van der Waals surface area (Å²) in [6, 6.07) is 4.19. The van der Waals surface area contributed by atoms with Crippen molar-refractivity contribution in [1.82, 2.24) is 0 Å². The number of phenols is 1. The zero-order chi connectivity index (χ0) is 9.84. The normalized spacial score (nSPS) is 9.62. The van der Waals surface area contributed by atoms with E-state index in [2.05, 4.69) is 5.32 Å². The molecule has 0 spiro atoms. The minimum absolute atomic E-state index is 0.101. The number of nitro groups is 1. The molecule has 0 fully saturated rings. The van der Waals surface area contributed by atoms with E-state index in [0.717, 1.165) is 0 Å². The third-order valence-corrected chi connectivity index (χ3v) is 1.57. The summed E-state index contributed by atoms with van der Waals surface area (Å²) in [6.07, 6.45) is 0. The molecule has 0 aliphatic heterocycles. The molecule has 1 aromatic carbocycles. The predicted octanol–water partition coefficient (Wildman–Crippen LogP) is 1.73. The number of hydrogen-bond donors (Lipinski definition) is 2. The van der Waals surface area contributed by atoms with Crippen LogP contribution in [0.2, 0.25) is 0 Å². The van der Waals surface area contributed by atoms with Crippen LogP contribution in [-0.2, 0) is 0 Å². The summed E-state index contributed by atoms with van der Waals surface area (Å²) in [4.78, 5) is 9.97. The highest BCUT2D eigenvalue weighted by Crippen LogP contribution is 2.32. The lowest BCUT2D eigenvalue weighted by molar-refractivity contribution is -0.384. The topological polar surface area (TPSA) is 75.4 Å². The number of nitro benzene ring substituents is 1. The molecule has 13 heavy (non-hydrogen) atoms. The molecular weight excluding hydrogens is 172 g/mol. The Morgan fingerprint density at radius 2 is 2.31 bits per heavy atom. The molecule has 0 aliphatic rings. The van der Waals surface area contributed by atoms with E-state index in [1.165, 1.54) is 18.2 Å². The van der Waals surface area contributed by atoms with Crippen molar-refractivity contribution in [3.63, 3.8) is 0 Å². The van der Waals surface area contributed by atoms with Crippen LogP contribution in [0, 0.1) is 10.1 Å². The Labute approximate surface area is 75.2 Å². The molecule has 0 saturated carbocycles. The van der Waals surface area contributed by atoms with E-state index in [9.17, 15) is 15.2 Å². The molecule has 1 rings (SSSR count). The molecule has 0 aliphatic carbocycles. The third-order valence-electron chi connectivity index (χ3n) is 1.57. The Balaban J connectivity index is 3.17. The number of anilines is 1. The van der Waals surface area contributed by atoms with E-state index in [4.69, 9.17) is 0 Å². The van der Waals surface area contributed by atoms with Gasteiger partial charge in [0.1, 0.15) is 5.75 Å². The van der Waals surface area contributed by atoms with Crippen LogP contribution in [0.1, 0.15) is 6.92 Å². The first-order valence-electron chi connectivity index (χ1n) is 3.87. The van der Waals surface area contributed by atoms with Crippen LogP contribution in [0.4, 0.5) is 11.4 Å². The van der Waals surface area contributed by atoms with E-state index in [-0.39, 0.29) is 17.1 Å². The van der Waals surface area contributed by atoms with Gasteiger partial charge in [-0.15, -0.1) is 0 Å². The number of aromatic hydroxyl groups is 1. The van der Waals surface area contributed by atoms with Crippen molar-refractivity contribution in [3.05, 3.63) is 28.3 Å². The fraction of sp³-hybridized carbons (Fsp3) is 0.250. The van der Waals surface area contributed by atoms with Gasteiger partial charge in [0.2, 0.25) is 0 Å². The molecular formula is C8H10N2O3. The highest BCUT2D eigenvalue weighted by Gasteiger charge is 2.15. The summed E-state index contributed by atoms with van der Waals surface area (Å²) in [5.74, 6) is -0.101. The van der Waals surface area contributed by atoms with Crippen molar-refractivity contribution in [3.8, 4) is 5.75 Å². The molecule has 0 bridgehead atoms. The Kier molecular flexibility index (Phi) is 2.69. The van der Waals surface area contributed by atoms with E-state index in [0.29, 0.717) is 6.54 Å². The van der Waals surface area contributed by atoms with Crippen LogP contribution in [-0.4, -0.2) is 16.6 Å². The van der Waals surface area contributed by atoms with Crippen LogP contribution in [0.15, 0.2) is 18.2 Å². The maximum absolute atomic E-state index is 10.5. The third kappa shape index (κ3) is 1.87. The van der Waals surface area contributed by atoms with Gasteiger partial charge in [0.15, 0.2) is 5.69 Å². The number of nitrogens with zero attached hydrogens (tertiary/aromatic N) is 1. The number of nitrogens with one attached hydrogen (secondary N) is 1. The van der Waals surface area contributed by atoms with Gasteiger partial charge in [-0.1, -0.05) is 6.07 Å². The van der Waals surface area contributed by atoms with Crippen LogP contribution in [0.5, 0.6) is 5.75 Å². The largest absolute Gasteiger partial charge is 0.506 e. The van der Waals surface area contributed by atoms with Gasteiger partial charge in [0.25, 0.3) is 5.69 Å². The Morgan fingerprint density at radius 3 is 2.85 bits per heavy atom. The average molecular weight is 182 g/mol. The van der Waals surface area contributed by atoms with Crippen LogP contribution in [0.3, 0.4) is 0 Å². The Hall–Kier alpha value is -1.78. The van der Waals surface area contributed by atoms with Gasteiger partial charge in [0, 0.05) is 12.6 Å². The molecule has 0 saturated heterocycles. The lowest BCUT2D eigenvalue weighted by Gasteiger charge is -2.05. The predicted molar refractivity (Wildman–Crippen MR) is 48.9 cm³/mol. The standard InChI is InChI=1S/C8H10N2O3/c1-2-9-8-6(10(12)13)4-3-5-7(8)11/h3-5,9,11H,2H2,1H3. The van der Waals surface area contributed by atoms with Gasteiger partial charge in [0.05, 0.1) is 4.92 Å². The molecule has 5 heteroatoms. The summed E-state index contributed by atoms with van der Waals surface area (Å²) >= 11 is 0. The monoisotopic (exact) mass is 182 g/mol. The maximum atomic E-state index is 10.5. The Bertz CT molecular complexity index is 325. The van der Waals surface area contributed by atoms with Crippen molar-refractivity contribution in [2.24, 2.45) is 0 Å². The number of benzene rings is 1. The number of hydrogen-bond acceptors (Lipinski definition) is 4. The molecule has 0 heterocycles. The summed E-state index contributed by atoms with van der Waals surface area (Å²) in [5.41, 5.74) is 0.0665. The summed E-state index contributed by atoms with van der Waals surface area (Å²) in [5, 5.41) is 22.5. The minimum atomic E-state index is -0.530. The molecule has 70 valence electrons.